The molecular formula is C21H19NO4. The van der Waals surface area contributed by atoms with Crippen molar-refractivity contribution >= 4 is 28.6 Å². The van der Waals surface area contributed by atoms with Crippen molar-refractivity contribution in [3.8, 4) is 0 Å². The molecule has 132 valence electrons. The standard InChI is InChI=1S/C21H19NO4/c1-3-26-21(25)19(23)13-17-14(2)22(18-12-8-7-11-16(17)18)20(24)15-9-5-4-6-10-15/h4-12H,3,13H2,1-2H3. The summed E-state index contributed by atoms with van der Waals surface area (Å²) in [5.74, 6) is -1.64. The van der Waals surface area contributed by atoms with Gasteiger partial charge in [0.15, 0.2) is 0 Å². The van der Waals surface area contributed by atoms with E-state index in [0.29, 0.717) is 22.3 Å². The van der Waals surface area contributed by atoms with Crippen molar-refractivity contribution in [1.82, 2.24) is 4.57 Å². The van der Waals surface area contributed by atoms with Gasteiger partial charge in [0, 0.05) is 23.1 Å². The quantitative estimate of drug-likeness (QED) is 0.524. The van der Waals surface area contributed by atoms with Gasteiger partial charge in [-0.3, -0.25) is 14.2 Å². The number of Topliss-reactive ketones (excluding diaryl/α,β-unsaturated/α-hetero) is 1. The molecular weight excluding hydrogens is 330 g/mol. The minimum Gasteiger partial charge on any atom is -0.460 e. The molecule has 0 atom stereocenters. The van der Waals surface area contributed by atoms with Crippen LogP contribution in [-0.2, 0) is 20.7 Å². The molecule has 0 aliphatic rings. The van der Waals surface area contributed by atoms with E-state index >= 15 is 0 Å². The van der Waals surface area contributed by atoms with E-state index in [4.69, 9.17) is 4.74 Å². The van der Waals surface area contributed by atoms with Crippen LogP contribution in [0.1, 0.15) is 28.5 Å². The van der Waals surface area contributed by atoms with Gasteiger partial charge in [-0.05, 0) is 37.6 Å². The molecule has 1 aromatic heterocycles. The van der Waals surface area contributed by atoms with Crippen molar-refractivity contribution in [1.29, 1.82) is 0 Å². The second kappa shape index (κ2) is 7.35. The molecule has 1 heterocycles. The highest BCUT2D eigenvalue weighted by molar-refractivity contribution is 6.34. The number of carbonyl (C=O) groups excluding carboxylic acids is 3. The van der Waals surface area contributed by atoms with Crippen LogP contribution < -0.4 is 0 Å². The number of para-hydroxylation sites is 1. The van der Waals surface area contributed by atoms with Crippen LogP contribution in [-0.4, -0.2) is 28.8 Å². The van der Waals surface area contributed by atoms with Gasteiger partial charge in [-0.1, -0.05) is 36.4 Å². The number of hydrogen-bond acceptors (Lipinski definition) is 4. The lowest BCUT2D eigenvalue weighted by atomic mass is 10.1. The zero-order valence-electron chi connectivity index (χ0n) is 14.7. The maximum absolute atomic E-state index is 13.0. The van der Waals surface area contributed by atoms with E-state index in [0.717, 1.165) is 5.39 Å². The molecule has 0 saturated heterocycles. The predicted octanol–water partition coefficient (Wildman–Crippen LogP) is 3.31. The van der Waals surface area contributed by atoms with Crippen LogP contribution in [0.3, 0.4) is 0 Å². The van der Waals surface area contributed by atoms with E-state index in [9.17, 15) is 14.4 Å². The average Bonchev–Trinajstić information content (AvgIpc) is 2.94. The first kappa shape index (κ1) is 17.6. The second-order valence-corrected chi connectivity index (χ2v) is 5.91. The number of nitrogens with zero attached hydrogens (tertiary/aromatic N) is 1. The van der Waals surface area contributed by atoms with Crippen LogP contribution in [0, 0.1) is 6.92 Å². The molecule has 2 aromatic carbocycles. The molecule has 0 aliphatic heterocycles. The third-order valence-corrected chi connectivity index (χ3v) is 4.31. The number of fused-ring (bicyclic) bond motifs is 1. The van der Waals surface area contributed by atoms with Crippen molar-refractivity contribution in [2.45, 2.75) is 20.3 Å². The van der Waals surface area contributed by atoms with Crippen LogP contribution >= 0.6 is 0 Å². The highest BCUT2D eigenvalue weighted by Crippen LogP contribution is 2.27. The molecule has 0 unspecified atom stereocenters. The average molecular weight is 349 g/mol. The zero-order chi connectivity index (χ0) is 18.7. The highest BCUT2D eigenvalue weighted by atomic mass is 16.5. The first-order valence-corrected chi connectivity index (χ1v) is 8.43. The molecule has 0 amide bonds. The summed E-state index contributed by atoms with van der Waals surface area (Å²) in [6, 6.07) is 16.3. The number of rotatable bonds is 5. The number of aromatic nitrogens is 1. The Morgan fingerprint density at radius 3 is 2.31 bits per heavy atom. The Hall–Kier alpha value is -3.21. The summed E-state index contributed by atoms with van der Waals surface area (Å²) in [5, 5.41) is 0.784. The third kappa shape index (κ3) is 3.16. The minimum absolute atomic E-state index is 0.0970. The SMILES string of the molecule is CCOC(=O)C(=O)Cc1c(C)n(C(=O)c2ccccc2)c2ccccc12. The van der Waals surface area contributed by atoms with Crippen molar-refractivity contribution < 1.29 is 19.1 Å². The summed E-state index contributed by atoms with van der Waals surface area (Å²) in [4.78, 5) is 36.9. The number of hydrogen-bond donors (Lipinski definition) is 0. The van der Waals surface area contributed by atoms with E-state index in [2.05, 4.69) is 0 Å². The van der Waals surface area contributed by atoms with Crippen LogP contribution in [0.2, 0.25) is 0 Å². The maximum Gasteiger partial charge on any atom is 0.374 e. The van der Waals surface area contributed by atoms with E-state index in [1.54, 1.807) is 42.7 Å². The molecule has 3 rings (SSSR count). The maximum atomic E-state index is 13.0. The summed E-state index contributed by atoms with van der Waals surface area (Å²) < 4.78 is 6.38. The van der Waals surface area contributed by atoms with E-state index in [1.165, 1.54) is 0 Å². The van der Waals surface area contributed by atoms with Gasteiger partial charge in [0.25, 0.3) is 5.91 Å². The molecule has 5 nitrogen and oxygen atoms in total. The summed E-state index contributed by atoms with van der Waals surface area (Å²) in [6.45, 7) is 3.59. The van der Waals surface area contributed by atoms with Gasteiger partial charge in [0.2, 0.25) is 5.78 Å². The Kier molecular flexibility index (Phi) is 4.98. The molecule has 0 aliphatic carbocycles. The lowest BCUT2D eigenvalue weighted by molar-refractivity contribution is -0.153. The normalized spacial score (nSPS) is 10.7. The number of ketones is 1. The Morgan fingerprint density at radius 2 is 1.62 bits per heavy atom. The predicted molar refractivity (Wildman–Crippen MR) is 98.2 cm³/mol. The topological polar surface area (TPSA) is 65.4 Å². The van der Waals surface area contributed by atoms with Crippen molar-refractivity contribution in [3.63, 3.8) is 0 Å². The van der Waals surface area contributed by atoms with Gasteiger partial charge in [-0.2, -0.15) is 0 Å². The van der Waals surface area contributed by atoms with Gasteiger partial charge in [0.1, 0.15) is 0 Å². The molecule has 0 radical (unpaired) electrons. The summed E-state index contributed by atoms with van der Waals surface area (Å²) in [5.41, 5.74) is 2.59. The molecule has 0 bridgehead atoms. The number of esters is 1. The van der Waals surface area contributed by atoms with Gasteiger partial charge in [-0.15, -0.1) is 0 Å². The molecule has 0 N–H and O–H groups in total. The lowest BCUT2D eigenvalue weighted by Crippen LogP contribution is -2.20. The van der Waals surface area contributed by atoms with Crippen LogP contribution in [0.4, 0.5) is 0 Å². The van der Waals surface area contributed by atoms with E-state index < -0.39 is 11.8 Å². The van der Waals surface area contributed by atoms with Crippen molar-refractivity contribution in [2.75, 3.05) is 6.61 Å². The molecule has 0 spiro atoms. The van der Waals surface area contributed by atoms with Crippen molar-refractivity contribution in [2.24, 2.45) is 0 Å². The smallest absolute Gasteiger partial charge is 0.374 e. The lowest BCUT2D eigenvalue weighted by Gasteiger charge is -2.07. The first-order chi connectivity index (χ1) is 12.5. The molecule has 0 fully saturated rings. The molecule has 3 aromatic rings. The molecule has 0 saturated carbocycles. The second-order valence-electron chi connectivity index (χ2n) is 5.91. The Morgan fingerprint density at radius 1 is 0.962 bits per heavy atom. The Labute approximate surface area is 151 Å². The molecule has 5 heteroatoms. The highest BCUT2D eigenvalue weighted by Gasteiger charge is 2.23. The fraction of sp³-hybridized carbons (Fsp3) is 0.190. The Balaban J connectivity index is 2.09. The fourth-order valence-electron chi connectivity index (χ4n) is 3.07. The number of carbonyl (C=O) groups is 3. The largest absolute Gasteiger partial charge is 0.460 e. The van der Waals surface area contributed by atoms with Gasteiger partial charge in [0.05, 0.1) is 12.1 Å². The van der Waals surface area contributed by atoms with Gasteiger partial charge < -0.3 is 4.74 Å². The number of benzene rings is 2. The molecule has 26 heavy (non-hydrogen) atoms. The van der Waals surface area contributed by atoms with Crippen LogP contribution in [0.25, 0.3) is 10.9 Å². The summed E-state index contributed by atoms with van der Waals surface area (Å²) >= 11 is 0. The monoisotopic (exact) mass is 349 g/mol. The summed E-state index contributed by atoms with van der Waals surface area (Å²) in [7, 11) is 0. The first-order valence-electron chi connectivity index (χ1n) is 8.43. The van der Waals surface area contributed by atoms with E-state index in [-0.39, 0.29) is 18.9 Å². The fourth-order valence-corrected chi connectivity index (χ4v) is 3.07. The minimum atomic E-state index is -0.849. The zero-order valence-corrected chi connectivity index (χ0v) is 14.7. The van der Waals surface area contributed by atoms with Gasteiger partial charge >= 0.3 is 5.97 Å². The summed E-state index contributed by atoms with van der Waals surface area (Å²) in [6.07, 6.45) is -0.0970. The number of ether oxygens (including phenoxy) is 1. The van der Waals surface area contributed by atoms with E-state index in [1.807, 2.05) is 30.3 Å². The van der Waals surface area contributed by atoms with Crippen molar-refractivity contribution in [3.05, 3.63) is 71.4 Å². The van der Waals surface area contributed by atoms with Gasteiger partial charge in [-0.25, -0.2) is 4.79 Å². The Bertz CT molecular complexity index is 986. The van der Waals surface area contributed by atoms with Crippen LogP contribution in [0.15, 0.2) is 54.6 Å². The third-order valence-electron chi connectivity index (χ3n) is 4.31. The van der Waals surface area contributed by atoms with Crippen LogP contribution in [0.5, 0.6) is 0 Å².